The zero-order chi connectivity index (χ0) is 22.3. The Labute approximate surface area is 187 Å². The summed E-state index contributed by atoms with van der Waals surface area (Å²) in [5.41, 5.74) is 1.24. The fourth-order valence-corrected chi connectivity index (χ4v) is 3.87. The van der Waals surface area contributed by atoms with Crippen molar-refractivity contribution in [3.63, 3.8) is 0 Å². The minimum Gasteiger partial charge on any atom is -0.467 e. The van der Waals surface area contributed by atoms with Crippen LogP contribution in [0.3, 0.4) is 0 Å². The van der Waals surface area contributed by atoms with E-state index < -0.39 is 11.9 Å². The molecule has 0 saturated heterocycles. The van der Waals surface area contributed by atoms with Crippen LogP contribution in [0.25, 0.3) is 10.9 Å². The van der Waals surface area contributed by atoms with E-state index in [9.17, 15) is 14.4 Å². The highest BCUT2D eigenvalue weighted by Gasteiger charge is 2.15. The van der Waals surface area contributed by atoms with Crippen molar-refractivity contribution in [1.82, 2.24) is 20.2 Å². The van der Waals surface area contributed by atoms with E-state index in [1.165, 1.54) is 10.8 Å². The van der Waals surface area contributed by atoms with Crippen LogP contribution >= 0.6 is 11.8 Å². The molecule has 0 bridgehead atoms. The maximum atomic E-state index is 13.0. The Morgan fingerprint density at radius 3 is 2.56 bits per heavy atom. The van der Waals surface area contributed by atoms with Gasteiger partial charge < -0.3 is 9.73 Å². The highest BCUT2D eigenvalue weighted by atomic mass is 32.2. The maximum Gasteiger partial charge on any atom is 0.321 e. The Kier molecular flexibility index (Phi) is 6.66. The Hall–Kier alpha value is -3.85. The van der Waals surface area contributed by atoms with Gasteiger partial charge in [0.05, 0.1) is 29.5 Å². The van der Waals surface area contributed by atoms with Crippen LogP contribution in [0.1, 0.15) is 11.3 Å². The van der Waals surface area contributed by atoms with E-state index in [0.29, 0.717) is 28.4 Å². The summed E-state index contributed by atoms with van der Waals surface area (Å²) in [5, 5.41) is 5.78. The standard InChI is InChI=1S/C23H20N4O4S/c28-20(26-22(30)24-13-16-7-2-1-3-8-16)15-32-23-25-19-11-5-4-10-18(19)21(29)27(23)14-17-9-6-12-31-17/h1-12H,13-15H2,(H2,24,26,28,30). The largest absolute Gasteiger partial charge is 0.467 e. The third kappa shape index (κ3) is 5.25. The Bertz CT molecular complexity index is 1290. The fraction of sp³-hybridized carbons (Fsp3) is 0.130. The summed E-state index contributed by atoms with van der Waals surface area (Å²) in [5.74, 6) is 0.0186. The number of amides is 3. The molecule has 8 nitrogen and oxygen atoms in total. The van der Waals surface area contributed by atoms with Crippen LogP contribution in [-0.2, 0) is 17.9 Å². The molecule has 0 radical (unpaired) electrons. The maximum absolute atomic E-state index is 13.0. The van der Waals surface area contributed by atoms with Crippen LogP contribution in [0.2, 0.25) is 0 Å². The second-order valence-corrected chi connectivity index (χ2v) is 7.83. The molecule has 0 aliphatic heterocycles. The number of fused-ring (bicyclic) bond motifs is 1. The molecule has 9 heteroatoms. The summed E-state index contributed by atoms with van der Waals surface area (Å²) in [4.78, 5) is 41.9. The molecule has 0 aliphatic carbocycles. The number of furan rings is 1. The number of urea groups is 1. The van der Waals surface area contributed by atoms with Gasteiger partial charge in [0.25, 0.3) is 5.56 Å². The summed E-state index contributed by atoms with van der Waals surface area (Å²) >= 11 is 1.08. The fourth-order valence-electron chi connectivity index (χ4n) is 3.07. The van der Waals surface area contributed by atoms with Crippen molar-refractivity contribution in [1.29, 1.82) is 0 Å². The first-order chi connectivity index (χ1) is 15.6. The average Bonchev–Trinajstić information content (AvgIpc) is 3.32. The first kappa shape index (κ1) is 21.4. The minimum absolute atomic E-state index is 0.0817. The summed E-state index contributed by atoms with van der Waals surface area (Å²) in [6, 6.07) is 19.3. The molecule has 2 aromatic heterocycles. The van der Waals surface area contributed by atoms with Crippen molar-refractivity contribution < 1.29 is 14.0 Å². The van der Waals surface area contributed by atoms with Crippen molar-refractivity contribution in [2.45, 2.75) is 18.2 Å². The smallest absolute Gasteiger partial charge is 0.321 e. The molecule has 3 amide bonds. The predicted octanol–water partition coefficient (Wildman–Crippen LogP) is 3.16. The number of nitrogens with zero attached hydrogens (tertiary/aromatic N) is 2. The molecule has 162 valence electrons. The van der Waals surface area contributed by atoms with E-state index in [-0.39, 0.29) is 17.9 Å². The SMILES string of the molecule is O=C(CSc1nc2ccccc2c(=O)n1Cc1ccco1)NC(=O)NCc1ccccc1. The highest BCUT2D eigenvalue weighted by molar-refractivity contribution is 7.99. The summed E-state index contributed by atoms with van der Waals surface area (Å²) in [6.45, 7) is 0.493. The van der Waals surface area contributed by atoms with Gasteiger partial charge in [0.2, 0.25) is 5.91 Å². The molecule has 0 unspecified atom stereocenters. The number of rotatable bonds is 7. The van der Waals surface area contributed by atoms with Crippen molar-refractivity contribution in [3.8, 4) is 0 Å². The topological polar surface area (TPSA) is 106 Å². The van der Waals surface area contributed by atoms with Gasteiger partial charge in [0.1, 0.15) is 5.76 Å². The molecule has 2 aromatic carbocycles. The lowest BCUT2D eigenvalue weighted by atomic mass is 10.2. The second kappa shape index (κ2) is 9.97. The Morgan fingerprint density at radius 2 is 1.78 bits per heavy atom. The summed E-state index contributed by atoms with van der Waals surface area (Å²) < 4.78 is 6.84. The molecule has 2 N–H and O–H groups in total. The number of hydrogen-bond acceptors (Lipinski definition) is 6. The van der Waals surface area contributed by atoms with Gasteiger partial charge in [-0.1, -0.05) is 54.2 Å². The van der Waals surface area contributed by atoms with Crippen molar-refractivity contribution in [2.75, 3.05) is 5.75 Å². The Balaban J connectivity index is 1.44. The van der Waals surface area contributed by atoms with Crippen LogP contribution in [0.5, 0.6) is 0 Å². The lowest BCUT2D eigenvalue weighted by Crippen LogP contribution is -2.40. The molecule has 0 atom stereocenters. The number of thioether (sulfide) groups is 1. The van der Waals surface area contributed by atoms with Crippen LogP contribution < -0.4 is 16.2 Å². The van der Waals surface area contributed by atoms with Gasteiger partial charge in [-0.2, -0.15) is 0 Å². The number of aromatic nitrogens is 2. The second-order valence-electron chi connectivity index (χ2n) is 6.89. The van der Waals surface area contributed by atoms with Gasteiger partial charge in [0, 0.05) is 6.54 Å². The third-order valence-electron chi connectivity index (χ3n) is 4.60. The number of nitrogens with one attached hydrogen (secondary N) is 2. The number of carbonyl (C=O) groups excluding carboxylic acids is 2. The normalized spacial score (nSPS) is 10.8. The van der Waals surface area contributed by atoms with Crippen molar-refractivity contribution in [2.24, 2.45) is 0 Å². The number of benzene rings is 2. The lowest BCUT2D eigenvalue weighted by Gasteiger charge is -2.12. The van der Waals surface area contributed by atoms with E-state index in [0.717, 1.165) is 17.3 Å². The van der Waals surface area contributed by atoms with Crippen molar-refractivity contribution >= 4 is 34.6 Å². The average molecular weight is 449 g/mol. The van der Waals surface area contributed by atoms with E-state index in [1.807, 2.05) is 30.3 Å². The van der Waals surface area contributed by atoms with Gasteiger partial charge in [-0.05, 0) is 29.8 Å². The number of para-hydroxylation sites is 1. The minimum atomic E-state index is -0.584. The summed E-state index contributed by atoms with van der Waals surface area (Å²) in [7, 11) is 0. The molecule has 0 fully saturated rings. The first-order valence-electron chi connectivity index (χ1n) is 9.86. The molecule has 0 aliphatic rings. The van der Waals surface area contributed by atoms with Crippen molar-refractivity contribution in [3.05, 3.63) is 94.7 Å². The van der Waals surface area contributed by atoms with Gasteiger partial charge in [0.15, 0.2) is 5.16 Å². The highest BCUT2D eigenvalue weighted by Crippen LogP contribution is 2.19. The number of imide groups is 1. The molecule has 4 aromatic rings. The molecule has 0 saturated carbocycles. The monoisotopic (exact) mass is 448 g/mol. The Morgan fingerprint density at radius 1 is 1.00 bits per heavy atom. The van der Waals surface area contributed by atoms with Crippen LogP contribution in [0.4, 0.5) is 4.79 Å². The zero-order valence-corrected chi connectivity index (χ0v) is 17.8. The van der Waals surface area contributed by atoms with E-state index in [4.69, 9.17) is 4.42 Å². The first-order valence-corrected chi connectivity index (χ1v) is 10.8. The van der Waals surface area contributed by atoms with Gasteiger partial charge >= 0.3 is 6.03 Å². The molecule has 32 heavy (non-hydrogen) atoms. The zero-order valence-electron chi connectivity index (χ0n) is 17.0. The van der Waals surface area contributed by atoms with E-state index in [2.05, 4.69) is 15.6 Å². The van der Waals surface area contributed by atoms with Gasteiger partial charge in [-0.25, -0.2) is 9.78 Å². The third-order valence-corrected chi connectivity index (χ3v) is 5.58. The van der Waals surface area contributed by atoms with Crippen LogP contribution in [0.15, 0.2) is 87.4 Å². The van der Waals surface area contributed by atoms with E-state index in [1.54, 1.807) is 36.4 Å². The number of hydrogen-bond donors (Lipinski definition) is 2. The lowest BCUT2D eigenvalue weighted by molar-refractivity contribution is -0.117. The molecule has 2 heterocycles. The summed E-state index contributed by atoms with van der Waals surface area (Å²) in [6.07, 6.45) is 1.53. The quantitative estimate of drug-likeness (QED) is 0.332. The number of carbonyl (C=O) groups is 2. The molecular weight excluding hydrogens is 428 g/mol. The predicted molar refractivity (Wildman–Crippen MR) is 121 cm³/mol. The van der Waals surface area contributed by atoms with E-state index >= 15 is 0 Å². The molecule has 0 spiro atoms. The van der Waals surface area contributed by atoms with Crippen LogP contribution in [0, 0.1) is 0 Å². The molecule has 4 rings (SSSR count). The van der Waals surface area contributed by atoms with Gasteiger partial charge in [-0.3, -0.25) is 19.5 Å². The van der Waals surface area contributed by atoms with Gasteiger partial charge in [-0.15, -0.1) is 0 Å². The molecular formula is C23H20N4O4S. The van der Waals surface area contributed by atoms with Crippen LogP contribution in [-0.4, -0.2) is 27.2 Å².